The SMILES string of the molecule is [C-]#[N+]/C(=C(/C)OC)c1ccc(C)nc1C. The summed E-state index contributed by atoms with van der Waals surface area (Å²) in [5.74, 6) is 0.624. The summed E-state index contributed by atoms with van der Waals surface area (Å²) in [5, 5.41) is 0. The van der Waals surface area contributed by atoms with Gasteiger partial charge in [-0.1, -0.05) is 6.07 Å². The van der Waals surface area contributed by atoms with Crippen LogP contribution in [-0.2, 0) is 4.74 Å². The van der Waals surface area contributed by atoms with E-state index < -0.39 is 0 Å². The maximum atomic E-state index is 7.14. The number of hydrogen-bond acceptors (Lipinski definition) is 2. The molecule has 0 unspecified atom stereocenters. The Hall–Kier alpha value is -1.82. The first kappa shape index (κ1) is 11.3. The van der Waals surface area contributed by atoms with Crippen LogP contribution in [0.2, 0.25) is 0 Å². The fourth-order valence-corrected chi connectivity index (χ4v) is 1.36. The van der Waals surface area contributed by atoms with Gasteiger partial charge in [0.15, 0.2) is 0 Å². The molecule has 3 heteroatoms. The van der Waals surface area contributed by atoms with Gasteiger partial charge in [0, 0.05) is 17.0 Å². The number of ether oxygens (including phenoxy) is 1. The van der Waals surface area contributed by atoms with Crippen molar-refractivity contribution >= 4 is 5.70 Å². The van der Waals surface area contributed by atoms with Crippen LogP contribution in [0.4, 0.5) is 0 Å². The highest BCUT2D eigenvalue weighted by molar-refractivity contribution is 5.73. The van der Waals surface area contributed by atoms with E-state index in [1.165, 1.54) is 0 Å². The Balaban J connectivity index is 3.33. The molecule has 0 saturated carbocycles. The van der Waals surface area contributed by atoms with Crippen LogP contribution >= 0.6 is 0 Å². The van der Waals surface area contributed by atoms with Gasteiger partial charge < -0.3 is 4.74 Å². The van der Waals surface area contributed by atoms with Crippen molar-refractivity contribution in [1.29, 1.82) is 0 Å². The van der Waals surface area contributed by atoms with Crippen molar-refractivity contribution in [3.63, 3.8) is 0 Å². The second kappa shape index (κ2) is 4.61. The Labute approximate surface area is 90.2 Å². The first-order valence-electron chi connectivity index (χ1n) is 4.67. The molecule has 0 atom stereocenters. The smallest absolute Gasteiger partial charge is 0.232 e. The van der Waals surface area contributed by atoms with Gasteiger partial charge in [-0.25, -0.2) is 4.85 Å². The van der Waals surface area contributed by atoms with Gasteiger partial charge in [0.2, 0.25) is 5.70 Å². The zero-order valence-electron chi connectivity index (χ0n) is 9.46. The molecule has 0 N–H and O–H groups in total. The van der Waals surface area contributed by atoms with Gasteiger partial charge in [0.25, 0.3) is 0 Å². The second-order valence-electron chi connectivity index (χ2n) is 3.31. The Bertz CT molecular complexity index is 441. The summed E-state index contributed by atoms with van der Waals surface area (Å²) in [7, 11) is 1.57. The van der Waals surface area contributed by atoms with Gasteiger partial charge in [-0.05, 0) is 26.8 Å². The third-order valence-corrected chi connectivity index (χ3v) is 2.23. The number of nitrogens with zero attached hydrogens (tertiary/aromatic N) is 2. The molecule has 0 aliphatic rings. The van der Waals surface area contributed by atoms with Crippen molar-refractivity contribution in [2.24, 2.45) is 0 Å². The van der Waals surface area contributed by atoms with Crippen molar-refractivity contribution in [2.75, 3.05) is 7.11 Å². The zero-order valence-corrected chi connectivity index (χ0v) is 9.46. The average Bonchev–Trinajstić information content (AvgIpc) is 2.21. The van der Waals surface area contributed by atoms with Gasteiger partial charge in [-0.2, -0.15) is 0 Å². The number of hydrogen-bond donors (Lipinski definition) is 0. The number of allylic oxidation sites excluding steroid dienone is 1. The fourth-order valence-electron chi connectivity index (χ4n) is 1.36. The second-order valence-corrected chi connectivity index (χ2v) is 3.31. The zero-order chi connectivity index (χ0) is 11.4. The Morgan fingerprint density at radius 2 is 2.07 bits per heavy atom. The Morgan fingerprint density at radius 3 is 2.53 bits per heavy atom. The van der Waals surface area contributed by atoms with Crippen molar-refractivity contribution in [3.8, 4) is 0 Å². The molecule has 15 heavy (non-hydrogen) atoms. The summed E-state index contributed by atoms with van der Waals surface area (Å²) in [4.78, 5) is 7.81. The quantitative estimate of drug-likeness (QED) is 0.544. The average molecular weight is 202 g/mol. The number of aryl methyl sites for hydroxylation is 2. The minimum atomic E-state index is 0.530. The minimum absolute atomic E-state index is 0.530. The molecule has 0 saturated heterocycles. The highest BCUT2D eigenvalue weighted by atomic mass is 16.5. The van der Waals surface area contributed by atoms with E-state index in [-0.39, 0.29) is 0 Å². The Kier molecular flexibility index (Phi) is 3.46. The lowest BCUT2D eigenvalue weighted by Gasteiger charge is -2.07. The standard InChI is InChI=1S/C12H14N2O/c1-8-6-7-11(9(2)14-8)12(13-4)10(3)15-5/h6-7H,1-3,5H3/b12-10-. The lowest BCUT2D eigenvalue weighted by atomic mass is 10.1. The molecule has 0 aliphatic carbocycles. The van der Waals surface area contributed by atoms with Crippen LogP contribution in [0.3, 0.4) is 0 Å². The summed E-state index contributed by atoms with van der Waals surface area (Å²) in [5.41, 5.74) is 3.19. The molecule has 1 aromatic heterocycles. The van der Waals surface area contributed by atoms with Crippen LogP contribution in [0.5, 0.6) is 0 Å². The summed E-state index contributed by atoms with van der Waals surface area (Å²) < 4.78 is 5.08. The molecule has 78 valence electrons. The topological polar surface area (TPSA) is 26.5 Å². The van der Waals surface area contributed by atoms with E-state index in [1.54, 1.807) is 14.0 Å². The van der Waals surface area contributed by atoms with Gasteiger partial charge in [-0.15, -0.1) is 0 Å². The van der Waals surface area contributed by atoms with Crippen molar-refractivity contribution in [3.05, 3.63) is 46.3 Å². The molecule has 0 fully saturated rings. The van der Waals surface area contributed by atoms with Crippen LogP contribution in [0.25, 0.3) is 10.5 Å². The van der Waals surface area contributed by atoms with E-state index in [0.29, 0.717) is 11.5 Å². The largest absolute Gasteiger partial charge is 0.512 e. The van der Waals surface area contributed by atoms with Gasteiger partial charge in [-0.3, -0.25) is 4.98 Å². The molecular formula is C12H14N2O. The molecule has 0 aliphatic heterocycles. The van der Waals surface area contributed by atoms with Crippen molar-refractivity contribution in [1.82, 2.24) is 4.98 Å². The highest BCUT2D eigenvalue weighted by Gasteiger charge is 2.10. The minimum Gasteiger partial charge on any atom is -0.512 e. The third kappa shape index (κ3) is 2.35. The number of pyridine rings is 1. The lowest BCUT2D eigenvalue weighted by Crippen LogP contribution is -1.95. The van der Waals surface area contributed by atoms with E-state index in [2.05, 4.69) is 9.83 Å². The van der Waals surface area contributed by atoms with Crippen molar-refractivity contribution in [2.45, 2.75) is 20.8 Å². The van der Waals surface area contributed by atoms with Gasteiger partial charge in [0.1, 0.15) is 5.76 Å². The molecule has 0 spiro atoms. The van der Waals surface area contributed by atoms with E-state index in [9.17, 15) is 0 Å². The monoisotopic (exact) mass is 202 g/mol. The molecule has 0 radical (unpaired) electrons. The molecule has 0 bridgehead atoms. The highest BCUT2D eigenvalue weighted by Crippen LogP contribution is 2.23. The third-order valence-electron chi connectivity index (χ3n) is 2.23. The molecule has 0 aromatic carbocycles. The summed E-state index contributed by atoms with van der Waals surface area (Å²) in [6.45, 7) is 12.8. The fraction of sp³-hybridized carbons (Fsp3) is 0.333. The Morgan fingerprint density at radius 1 is 1.40 bits per heavy atom. The molecule has 1 aromatic rings. The van der Waals surface area contributed by atoms with Crippen LogP contribution in [-0.4, -0.2) is 12.1 Å². The van der Waals surface area contributed by atoms with E-state index in [0.717, 1.165) is 17.0 Å². The van der Waals surface area contributed by atoms with Gasteiger partial charge in [0.05, 0.1) is 13.7 Å². The maximum absolute atomic E-state index is 7.14. The maximum Gasteiger partial charge on any atom is 0.232 e. The molecule has 1 heterocycles. The van der Waals surface area contributed by atoms with Crippen LogP contribution in [0, 0.1) is 20.4 Å². The van der Waals surface area contributed by atoms with Crippen LogP contribution in [0.1, 0.15) is 23.9 Å². The predicted molar refractivity (Wildman–Crippen MR) is 59.9 cm³/mol. The summed E-state index contributed by atoms with van der Waals surface area (Å²) in [6, 6.07) is 3.81. The first-order chi connectivity index (χ1) is 7.10. The molecule has 0 amide bonds. The van der Waals surface area contributed by atoms with Crippen LogP contribution < -0.4 is 0 Å². The molecule has 1 rings (SSSR count). The normalized spacial score (nSPS) is 11.7. The van der Waals surface area contributed by atoms with Gasteiger partial charge >= 0.3 is 0 Å². The summed E-state index contributed by atoms with van der Waals surface area (Å²) in [6.07, 6.45) is 0. The van der Waals surface area contributed by atoms with E-state index in [1.807, 2.05) is 26.0 Å². The first-order valence-corrected chi connectivity index (χ1v) is 4.67. The van der Waals surface area contributed by atoms with Crippen molar-refractivity contribution < 1.29 is 4.74 Å². The number of rotatable bonds is 2. The molecular weight excluding hydrogens is 188 g/mol. The summed E-state index contributed by atoms with van der Waals surface area (Å²) >= 11 is 0. The number of methoxy groups -OCH3 is 1. The van der Waals surface area contributed by atoms with E-state index >= 15 is 0 Å². The van der Waals surface area contributed by atoms with Crippen LogP contribution in [0.15, 0.2) is 17.9 Å². The van der Waals surface area contributed by atoms with E-state index in [4.69, 9.17) is 11.3 Å². The predicted octanol–water partition coefficient (Wildman–Crippen LogP) is 2.95. The number of aromatic nitrogens is 1. The molecule has 3 nitrogen and oxygen atoms in total. The lowest BCUT2D eigenvalue weighted by molar-refractivity contribution is 0.296.